The van der Waals surface area contributed by atoms with Gasteiger partial charge in [-0.1, -0.05) is 18.2 Å². The molecule has 7 rings (SSSR count). The standard InChI is InChI=1S/C31H28N8O/c1-39-11-8-19(9-12-39)31(40)35-22-13-20(16-32-18-22)21-14-25-29(37-38-30(25)34-17-21)28-15-24-23(5-4-7-27(24)36-28)26-6-2-3-10-33-26/h2-7,10,13-19,36H,8-9,11-12H2,1H3,(H,35,40)(H,34,37,38). The molecule has 40 heavy (non-hydrogen) atoms. The van der Waals surface area contributed by atoms with E-state index in [1.807, 2.05) is 30.3 Å². The molecule has 0 spiro atoms. The quantitative estimate of drug-likeness (QED) is 0.272. The summed E-state index contributed by atoms with van der Waals surface area (Å²) in [6, 6.07) is 18.2. The zero-order valence-corrected chi connectivity index (χ0v) is 22.1. The third kappa shape index (κ3) is 4.50. The van der Waals surface area contributed by atoms with Gasteiger partial charge in [0.1, 0.15) is 0 Å². The lowest BCUT2D eigenvalue weighted by atomic mass is 9.96. The zero-order valence-electron chi connectivity index (χ0n) is 22.1. The second-order valence-corrected chi connectivity index (χ2v) is 10.4. The number of anilines is 1. The smallest absolute Gasteiger partial charge is 0.227 e. The number of aromatic nitrogens is 6. The monoisotopic (exact) mass is 528 g/mol. The Hall–Kier alpha value is -4.89. The maximum Gasteiger partial charge on any atom is 0.227 e. The number of benzene rings is 1. The predicted octanol–water partition coefficient (Wildman–Crippen LogP) is 5.51. The molecule has 0 aliphatic carbocycles. The number of carbonyl (C=O) groups excluding carboxylic acids is 1. The van der Waals surface area contributed by atoms with E-state index in [1.54, 1.807) is 24.8 Å². The molecule has 5 aromatic heterocycles. The highest BCUT2D eigenvalue weighted by Gasteiger charge is 2.23. The molecule has 1 fully saturated rings. The fourth-order valence-electron chi connectivity index (χ4n) is 5.48. The van der Waals surface area contributed by atoms with Crippen LogP contribution in [0.15, 0.2) is 79.4 Å². The number of carbonyl (C=O) groups is 1. The number of amides is 1. The number of hydrogen-bond donors (Lipinski definition) is 3. The molecule has 1 aromatic carbocycles. The van der Waals surface area contributed by atoms with Crippen molar-refractivity contribution < 1.29 is 4.79 Å². The summed E-state index contributed by atoms with van der Waals surface area (Å²) in [5.74, 6) is 0.0856. The highest BCUT2D eigenvalue weighted by atomic mass is 16.1. The predicted molar refractivity (Wildman–Crippen MR) is 156 cm³/mol. The minimum atomic E-state index is 0.0286. The van der Waals surface area contributed by atoms with Gasteiger partial charge < -0.3 is 15.2 Å². The van der Waals surface area contributed by atoms with Gasteiger partial charge in [-0.05, 0) is 69.4 Å². The normalized spacial score (nSPS) is 14.6. The van der Waals surface area contributed by atoms with Gasteiger partial charge >= 0.3 is 0 Å². The maximum absolute atomic E-state index is 12.9. The Bertz CT molecular complexity index is 1830. The molecular formula is C31H28N8O. The van der Waals surface area contributed by atoms with Crippen molar-refractivity contribution in [3.63, 3.8) is 0 Å². The van der Waals surface area contributed by atoms with Crippen LogP contribution in [0.3, 0.4) is 0 Å². The number of likely N-dealkylation sites (tertiary alicyclic amines) is 1. The molecule has 0 unspecified atom stereocenters. The third-order valence-corrected chi connectivity index (χ3v) is 7.71. The van der Waals surface area contributed by atoms with E-state index >= 15 is 0 Å². The number of nitrogens with zero attached hydrogens (tertiary/aromatic N) is 5. The van der Waals surface area contributed by atoms with Crippen LogP contribution in [-0.4, -0.2) is 61.1 Å². The van der Waals surface area contributed by atoms with Crippen LogP contribution in [0.1, 0.15) is 12.8 Å². The Morgan fingerprint density at radius 3 is 2.67 bits per heavy atom. The Labute approximate surface area is 230 Å². The van der Waals surface area contributed by atoms with Crippen LogP contribution >= 0.6 is 0 Å². The number of pyridine rings is 3. The van der Waals surface area contributed by atoms with E-state index in [2.05, 4.69) is 71.7 Å². The fraction of sp³-hybridized carbons (Fsp3) is 0.194. The lowest BCUT2D eigenvalue weighted by molar-refractivity contribution is -0.121. The highest BCUT2D eigenvalue weighted by molar-refractivity contribution is 6.01. The first kappa shape index (κ1) is 24.2. The molecule has 1 aliphatic heterocycles. The van der Waals surface area contributed by atoms with Crippen molar-refractivity contribution in [2.24, 2.45) is 5.92 Å². The Kier molecular flexibility index (Phi) is 6.05. The van der Waals surface area contributed by atoms with Gasteiger partial charge in [-0.2, -0.15) is 5.10 Å². The Morgan fingerprint density at radius 1 is 0.950 bits per heavy atom. The summed E-state index contributed by atoms with van der Waals surface area (Å²) in [4.78, 5) is 32.2. The van der Waals surface area contributed by atoms with Gasteiger partial charge in [0, 0.05) is 57.5 Å². The van der Waals surface area contributed by atoms with Crippen molar-refractivity contribution >= 4 is 33.5 Å². The molecule has 0 atom stereocenters. The summed E-state index contributed by atoms with van der Waals surface area (Å²) in [6.07, 6.45) is 8.82. The molecule has 0 radical (unpaired) electrons. The average molecular weight is 529 g/mol. The topological polar surface area (TPSA) is 115 Å². The Balaban J connectivity index is 1.20. The van der Waals surface area contributed by atoms with Gasteiger partial charge in [0.05, 0.1) is 29.0 Å². The maximum atomic E-state index is 12.9. The molecule has 9 heteroatoms. The molecule has 9 nitrogen and oxygen atoms in total. The van der Waals surface area contributed by atoms with Gasteiger partial charge in [0.2, 0.25) is 5.91 Å². The molecule has 1 amide bonds. The van der Waals surface area contributed by atoms with Crippen LogP contribution in [-0.2, 0) is 4.79 Å². The second kappa shape index (κ2) is 10.0. The minimum Gasteiger partial charge on any atom is -0.353 e. The highest BCUT2D eigenvalue weighted by Crippen LogP contribution is 2.34. The zero-order chi connectivity index (χ0) is 27.1. The van der Waals surface area contributed by atoms with E-state index in [9.17, 15) is 4.79 Å². The van der Waals surface area contributed by atoms with Crippen LogP contribution in [0.25, 0.3) is 55.7 Å². The molecule has 0 saturated carbocycles. The largest absolute Gasteiger partial charge is 0.353 e. The molecule has 6 heterocycles. The van der Waals surface area contributed by atoms with Crippen molar-refractivity contribution in [2.45, 2.75) is 12.8 Å². The summed E-state index contributed by atoms with van der Waals surface area (Å²) in [5.41, 5.74) is 7.85. The first-order valence-corrected chi connectivity index (χ1v) is 13.4. The molecule has 1 saturated heterocycles. The molecule has 0 bridgehead atoms. The number of nitrogens with one attached hydrogen (secondary N) is 3. The van der Waals surface area contributed by atoms with Gasteiger partial charge in [-0.3, -0.25) is 19.9 Å². The van der Waals surface area contributed by atoms with Crippen LogP contribution in [0.5, 0.6) is 0 Å². The van der Waals surface area contributed by atoms with Crippen molar-refractivity contribution in [1.29, 1.82) is 0 Å². The number of piperidine rings is 1. The first-order valence-electron chi connectivity index (χ1n) is 13.4. The van der Waals surface area contributed by atoms with E-state index in [-0.39, 0.29) is 11.8 Å². The minimum absolute atomic E-state index is 0.0286. The lowest BCUT2D eigenvalue weighted by Crippen LogP contribution is -2.35. The first-order chi connectivity index (χ1) is 19.6. The summed E-state index contributed by atoms with van der Waals surface area (Å²) in [7, 11) is 2.09. The molecular weight excluding hydrogens is 500 g/mol. The molecule has 198 valence electrons. The van der Waals surface area contributed by atoms with E-state index in [4.69, 9.17) is 0 Å². The van der Waals surface area contributed by atoms with Crippen LogP contribution in [0, 0.1) is 5.92 Å². The van der Waals surface area contributed by atoms with E-state index < -0.39 is 0 Å². The van der Waals surface area contributed by atoms with Crippen molar-refractivity contribution in [3.8, 4) is 33.8 Å². The van der Waals surface area contributed by atoms with Crippen molar-refractivity contribution in [3.05, 3.63) is 79.4 Å². The van der Waals surface area contributed by atoms with Crippen LogP contribution in [0.2, 0.25) is 0 Å². The number of fused-ring (bicyclic) bond motifs is 2. The summed E-state index contributed by atoms with van der Waals surface area (Å²) >= 11 is 0. The van der Waals surface area contributed by atoms with E-state index in [1.165, 1.54) is 0 Å². The number of rotatable bonds is 5. The van der Waals surface area contributed by atoms with Crippen LogP contribution in [0.4, 0.5) is 5.69 Å². The SMILES string of the molecule is CN1CCC(C(=O)Nc2cncc(-c3cnc4n[nH]c(-c5cc6c(-c7ccccn7)cccc6[nH]5)c4c3)c2)CC1. The van der Waals surface area contributed by atoms with Gasteiger partial charge in [-0.25, -0.2) is 4.98 Å². The Morgan fingerprint density at radius 2 is 1.82 bits per heavy atom. The molecule has 3 N–H and O–H groups in total. The van der Waals surface area contributed by atoms with E-state index in [0.717, 1.165) is 76.0 Å². The number of aromatic amines is 2. The van der Waals surface area contributed by atoms with Crippen LogP contribution < -0.4 is 5.32 Å². The lowest BCUT2D eigenvalue weighted by Gasteiger charge is -2.28. The summed E-state index contributed by atoms with van der Waals surface area (Å²) in [5, 5.41) is 12.7. The van der Waals surface area contributed by atoms with Crippen molar-refractivity contribution in [1.82, 2.24) is 35.0 Å². The number of H-pyrrole nitrogens is 2. The number of hydrogen-bond acceptors (Lipinski definition) is 6. The fourth-order valence-corrected chi connectivity index (χ4v) is 5.48. The van der Waals surface area contributed by atoms with Crippen molar-refractivity contribution in [2.75, 3.05) is 25.5 Å². The van der Waals surface area contributed by atoms with Gasteiger partial charge in [0.25, 0.3) is 0 Å². The summed E-state index contributed by atoms with van der Waals surface area (Å²) < 4.78 is 0. The van der Waals surface area contributed by atoms with E-state index in [0.29, 0.717) is 11.3 Å². The van der Waals surface area contributed by atoms with Gasteiger partial charge in [0.15, 0.2) is 5.65 Å². The second-order valence-electron chi connectivity index (χ2n) is 10.4. The van der Waals surface area contributed by atoms with Gasteiger partial charge in [-0.15, -0.1) is 0 Å². The third-order valence-electron chi connectivity index (χ3n) is 7.71. The summed E-state index contributed by atoms with van der Waals surface area (Å²) in [6.45, 7) is 1.88. The molecule has 1 aliphatic rings. The molecule has 6 aromatic rings. The average Bonchev–Trinajstić information content (AvgIpc) is 3.62.